The van der Waals surface area contributed by atoms with Gasteiger partial charge in [0.2, 0.25) is 5.58 Å². The van der Waals surface area contributed by atoms with Crippen LogP contribution in [0.25, 0.3) is 22.0 Å². The number of nitrogens with zero attached hydrogens (tertiary/aromatic N) is 2. The van der Waals surface area contributed by atoms with Crippen LogP contribution in [0.15, 0.2) is 69.4 Å². The van der Waals surface area contributed by atoms with Gasteiger partial charge < -0.3 is 0 Å². The van der Waals surface area contributed by atoms with Crippen LogP contribution in [0.2, 0.25) is 0 Å². The van der Waals surface area contributed by atoms with Crippen molar-refractivity contribution in [3.8, 4) is 0 Å². The molecule has 5 heteroatoms. The number of pyridine rings is 1. The van der Waals surface area contributed by atoms with Gasteiger partial charge in [0.25, 0.3) is 0 Å². The van der Waals surface area contributed by atoms with E-state index < -0.39 is 0 Å². The van der Waals surface area contributed by atoms with Gasteiger partial charge in [0.15, 0.2) is 11.8 Å². The average Bonchev–Trinajstić information content (AvgIpc) is 2.74. The Morgan fingerprint density at radius 2 is 1.78 bits per heavy atom. The summed E-state index contributed by atoms with van der Waals surface area (Å²) in [6.07, 6.45) is 6.90. The molecule has 1 saturated carbocycles. The van der Waals surface area contributed by atoms with Crippen LogP contribution in [0.3, 0.4) is 0 Å². The highest BCUT2D eigenvalue weighted by atomic mass is 32.1. The van der Waals surface area contributed by atoms with Crippen LogP contribution in [0, 0.1) is 5.92 Å². The number of para-hydroxylation sites is 3. The van der Waals surface area contributed by atoms with E-state index in [1.807, 2.05) is 24.4 Å². The molecule has 138 valence electrons. The Morgan fingerprint density at radius 1 is 0.963 bits per heavy atom. The van der Waals surface area contributed by atoms with Gasteiger partial charge in [-0.25, -0.2) is 4.01 Å². The first-order valence-corrected chi connectivity index (χ1v) is 10.3. The van der Waals surface area contributed by atoms with Crippen LogP contribution in [0.4, 0.5) is 0 Å². The highest BCUT2D eigenvalue weighted by molar-refractivity contribution is 6.97. The van der Waals surface area contributed by atoms with Gasteiger partial charge in [0, 0.05) is 18.1 Å². The molecule has 0 unspecified atom stereocenters. The molecule has 0 radical (unpaired) electrons. The summed E-state index contributed by atoms with van der Waals surface area (Å²) in [7, 11) is 0. The molecule has 0 bridgehead atoms. The molecule has 2 aromatic carbocycles. The molecule has 27 heavy (non-hydrogen) atoms. The quantitative estimate of drug-likeness (QED) is 0.380. The van der Waals surface area contributed by atoms with E-state index in [0.29, 0.717) is 11.8 Å². The van der Waals surface area contributed by atoms with E-state index in [1.165, 1.54) is 48.5 Å². The second kappa shape index (κ2) is 7.24. The number of fused-ring (bicyclic) bond motifs is 2. The average molecular weight is 378 g/mol. The molecule has 0 spiro atoms. The number of rotatable bonds is 3. The molecule has 0 saturated heterocycles. The minimum absolute atomic E-state index is 0.634. The lowest BCUT2D eigenvalue weighted by Gasteiger charge is -2.29. The summed E-state index contributed by atoms with van der Waals surface area (Å²) >= 11 is 1.30. The van der Waals surface area contributed by atoms with Gasteiger partial charge in [-0.2, -0.15) is 0 Å². The molecule has 0 amide bonds. The second-order valence-electron chi connectivity index (χ2n) is 7.39. The molecule has 0 N–H and O–H groups in total. The number of hydrogen-bond acceptors (Lipinski definition) is 4. The Kier molecular flexibility index (Phi) is 4.46. The van der Waals surface area contributed by atoms with Crippen molar-refractivity contribution in [1.29, 1.82) is 0 Å². The lowest BCUT2D eigenvalue weighted by atomic mass is 9.78. The Morgan fingerprint density at radius 3 is 2.70 bits per heavy atom. The maximum atomic E-state index is 5.27. The normalized spacial score (nSPS) is 20.1. The smallest absolute Gasteiger partial charge is 0.204 e. The van der Waals surface area contributed by atoms with Gasteiger partial charge in [0.1, 0.15) is 5.52 Å². The van der Waals surface area contributed by atoms with Gasteiger partial charge in [-0.15, -0.1) is 0 Å². The van der Waals surface area contributed by atoms with Crippen molar-refractivity contribution < 1.29 is 8.58 Å². The Balaban J connectivity index is 1.33. The zero-order valence-corrected chi connectivity index (χ0v) is 15.9. The maximum Gasteiger partial charge on any atom is 0.204 e. The fourth-order valence-electron chi connectivity index (χ4n) is 4.36. The highest BCUT2D eigenvalue weighted by Crippen LogP contribution is 2.39. The topological polar surface area (TPSA) is 44.1 Å². The molecule has 1 aliphatic rings. The van der Waals surface area contributed by atoms with Crippen molar-refractivity contribution in [1.82, 2.24) is 8.94 Å². The molecular weight excluding hydrogens is 356 g/mol. The van der Waals surface area contributed by atoms with Gasteiger partial charge in [-0.3, -0.25) is 13.5 Å². The molecule has 2 aromatic heterocycles. The summed E-state index contributed by atoms with van der Waals surface area (Å²) in [6, 6.07) is 18.8. The molecule has 0 atom stereocenters. The molecule has 2 heterocycles. The van der Waals surface area contributed by atoms with E-state index in [2.05, 4.69) is 45.3 Å². The second-order valence-corrected chi connectivity index (χ2v) is 8.12. The Hall–Kier alpha value is -2.53. The van der Waals surface area contributed by atoms with Gasteiger partial charge in [-0.1, -0.05) is 30.3 Å². The Bertz CT molecular complexity index is 1080. The standard InChI is InChI=1S/C22H22N2O2S/c1-2-6-20-19(5-1)18(13-14-23-20)17-11-9-16(10-12-17)15-24-21-7-3-4-8-22(21)25-26-27-24/h1-8,13-14,16-17H,9-12,15H2/t16-,17+. The molecule has 1 fully saturated rings. The van der Waals surface area contributed by atoms with E-state index in [9.17, 15) is 0 Å². The summed E-state index contributed by atoms with van der Waals surface area (Å²) in [5.74, 6) is 1.31. The maximum absolute atomic E-state index is 5.27. The van der Waals surface area contributed by atoms with E-state index in [1.54, 1.807) is 0 Å². The van der Waals surface area contributed by atoms with Crippen molar-refractivity contribution in [3.63, 3.8) is 0 Å². The Labute approximate surface area is 162 Å². The monoisotopic (exact) mass is 378 g/mol. The lowest BCUT2D eigenvalue weighted by molar-refractivity contribution is 0.117. The highest BCUT2D eigenvalue weighted by Gasteiger charge is 2.24. The van der Waals surface area contributed by atoms with Crippen LogP contribution >= 0.6 is 11.8 Å². The molecule has 0 aliphatic heterocycles. The van der Waals surface area contributed by atoms with Gasteiger partial charge in [-0.05, 0) is 67.3 Å². The molecule has 1 aliphatic carbocycles. The van der Waals surface area contributed by atoms with Crippen molar-refractivity contribution in [2.45, 2.75) is 38.1 Å². The first kappa shape index (κ1) is 16.6. The zero-order valence-electron chi connectivity index (χ0n) is 15.1. The minimum Gasteiger partial charge on any atom is -0.274 e. The summed E-state index contributed by atoms with van der Waals surface area (Å²) in [4.78, 5) is 4.52. The summed E-state index contributed by atoms with van der Waals surface area (Å²) in [5.41, 5.74) is 4.48. The SMILES string of the molecule is c1ccc2c(c1)nccc2[C@H]1CC[C@@H](Cn2sooc3ccccc32)CC1. The van der Waals surface area contributed by atoms with Crippen LogP contribution in [-0.4, -0.2) is 8.94 Å². The lowest BCUT2D eigenvalue weighted by Crippen LogP contribution is -2.18. The largest absolute Gasteiger partial charge is 0.274 e. The predicted octanol–water partition coefficient (Wildman–Crippen LogP) is 6.54. The summed E-state index contributed by atoms with van der Waals surface area (Å²) in [6.45, 7) is 0.995. The summed E-state index contributed by atoms with van der Waals surface area (Å²) < 4.78 is 12.7. The molecular formula is C22H22N2O2S. The van der Waals surface area contributed by atoms with Crippen molar-refractivity contribution in [2.24, 2.45) is 5.92 Å². The molecule has 4 nitrogen and oxygen atoms in total. The fourth-order valence-corrected chi connectivity index (χ4v) is 5.04. The van der Waals surface area contributed by atoms with E-state index in [4.69, 9.17) is 8.58 Å². The van der Waals surface area contributed by atoms with Crippen LogP contribution < -0.4 is 0 Å². The number of benzene rings is 2. The molecule has 4 aromatic rings. The van der Waals surface area contributed by atoms with Crippen molar-refractivity contribution >= 4 is 33.8 Å². The third kappa shape index (κ3) is 3.28. The number of hydrogen-bond donors (Lipinski definition) is 0. The third-order valence-electron chi connectivity index (χ3n) is 5.77. The first-order valence-electron chi connectivity index (χ1n) is 9.60. The molecule has 5 rings (SSSR count). The fraction of sp³-hybridized carbons (Fsp3) is 0.318. The predicted molar refractivity (Wildman–Crippen MR) is 108 cm³/mol. The van der Waals surface area contributed by atoms with Gasteiger partial charge >= 0.3 is 0 Å². The van der Waals surface area contributed by atoms with Crippen LogP contribution in [0.5, 0.6) is 0 Å². The van der Waals surface area contributed by atoms with Crippen LogP contribution in [0.1, 0.15) is 37.2 Å². The van der Waals surface area contributed by atoms with E-state index in [0.717, 1.165) is 23.2 Å². The number of aromatic nitrogens is 2. The minimum atomic E-state index is 0.634. The zero-order chi connectivity index (χ0) is 18.1. The summed E-state index contributed by atoms with van der Waals surface area (Å²) in [5, 5.41) is 1.31. The van der Waals surface area contributed by atoms with Crippen LogP contribution in [-0.2, 0) is 6.54 Å². The van der Waals surface area contributed by atoms with E-state index >= 15 is 0 Å². The van der Waals surface area contributed by atoms with E-state index in [-0.39, 0.29) is 0 Å². The van der Waals surface area contributed by atoms with Crippen molar-refractivity contribution in [2.75, 3.05) is 0 Å². The third-order valence-corrected chi connectivity index (χ3v) is 6.43. The van der Waals surface area contributed by atoms with Crippen molar-refractivity contribution in [3.05, 3.63) is 66.4 Å². The van der Waals surface area contributed by atoms with Gasteiger partial charge in [0.05, 0.1) is 5.52 Å². The first-order chi connectivity index (χ1) is 13.4.